The molecule has 0 saturated carbocycles. The molecule has 1 fully saturated rings. The van der Waals surface area contributed by atoms with Gasteiger partial charge in [-0.15, -0.1) is 10.2 Å². The van der Waals surface area contributed by atoms with Gasteiger partial charge in [-0.2, -0.15) is 0 Å². The number of rotatable bonds is 5. The molecule has 26 heavy (non-hydrogen) atoms. The van der Waals surface area contributed by atoms with E-state index in [9.17, 15) is 4.39 Å². The summed E-state index contributed by atoms with van der Waals surface area (Å²) < 4.78 is 24.7. The van der Waals surface area contributed by atoms with Crippen LogP contribution in [0.1, 0.15) is 48.6 Å². The Bertz CT molecular complexity index is 870. The summed E-state index contributed by atoms with van der Waals surface area (Å²) in [5, 5.41) is 8.50. The van der Waals surface area contributed by atoms with Crippen molar-refractivity contribution in [3.05, 3.63) is 71.4 Å². The van der Waals surface area contributed by atoms with E-state index in [1.807, 2.05) is 12.1 Å². The summed E-state index contributed by atoms with van der Waals surface area (Å²) in [6, 6.07) is 14.7. The van der Waals surface area contributed by atoms with Crippen LogP contribution in [0.2, 0.25) is 0 Å². The lowest BCUT2D eigenvalue weighted by Gasteiger charge is -2.10. The van der Waals surface area contributed by atoms with E-state index in [-0.39, 0.29) is 11.7 Å². The Labute approximate surface area is 152 Å². The van der Waals surface area contributed by atoms with Crippen LogP contribution in [0, 0.1) is 5.82 Å². The number of ether oxygens (including phenoxy) is 1. The lowest BCUT2D eigenvalue weighted by molar-refractivity contribution is 0.194. The minimum atomic E-state index is -0.248. The highest BCUT2D eigenvalue weighted by Gasteiger charge is 2.21. The van der Waals surface area contributed by atoms with Gasteiger partial charge in [-0.1, -0.05) is 31.2 Å². The van der Waals surface area contributed by atoms with Gasteiger partial charge in [0, 0.05) is 18.1 Å². The average Bonchev–Trinajstić information content (AvgIpc) is 3.36. The van der Waals surface area contributed by atoms with Crippen LogP contribution in [0.15, 0.2) is 52.9 Å². The van der Waals surface area contributed by atoms with Gasteiger partial charge in [0.1, 0.15) is 5.82 Å². The van der Waals surface area contributed by atoms with Gasteiger partial charge in [-0.25, -0.2) is 4.39 Å². The second kappa shape index (κ2) is 7.38. The summed E-state index contributed by atoms with van der Waals surface area (Å²) >= 11 is 0. The Balaban J connectivity index is 1.61. The van der Waals surface area contributed by atoms with Gasteiger partial charge < -0.3 is 9.15 Å². The van der Waals surface area contributed by atoms with Crippen molar-refractivity contribution in [3.8, 4) is 11.5 Å². The fraction of sp³-hybridized carbons (Fsp3) is 0.333. The first-order valence-corrected chi connectivity index (χ1v) is 9.01. The monoisotopic (exact) mass is 352 g/mol. The molecular weight excluding hydrogens is 331 g/mol. The summed E-state index contributed by atoms with van der Waals surface area (Å²) in [6.07, 6.45) is 1.84. The fourth-order valence-corrected chi connectivity index (χ4v) is 3.46. The molecule has 5 heteroatoms. The molecule has 1 aliphatic rings. The van der Waals surface area contributed by atoms with Crippen LogP contribution in [0.4, 0.5) is 4.39 Å². The molecule has 0 aliphatic carbocycles. The molecule has 0 N–H and O–H groups in total. The zero-order valence-electron chi connectivity index (χ0n) is 14.7. The van der Waals surface area contributed by atoms with Crippen molar-refractivity contribution in [3.63, 3.8) is 0 Å². The molecule has 2 unspecified atom stereocenters. The van der Waals surface area contributed by atoms with Crippen LogP contribution in [0.3, 0.4) is 0 Å². The molecule has 0 bridgehead atoms. The molecule has 3 aromatic rings. The first-order valence-electron chi connectivity index (χ1n) is 9.01. The Morgan fingerprint density at radius 1 is 1.15 bits per heavy atom. The van der Waals surface area contributed by atoms with E-state index >= 15 is 0 Å². The van der Waals surface area contributed by atoms with Crippen molar-refractivity contribution in [2.24, 2.45) is 0 Å². The topological polar surface area (TPSA) is 48.2 Å². The number of aromatic nitrogens is 2. The number of hydrogen-bond acceptors (Lipinski definition) is 4. The van der Waals surface area contributed by atoms with Crippen molar-refractivity contribution in [2.45, 2.75) is 31.6 Å². The SMILES string of the molecule is CCC(c1ccc(F)cc1)c1nnc(-c2cccc(C3CCOC3)c2)o1. The molecule has 134 valence electrons. The van der Waals surface area contributed by atoms with Crippen molar-refractivity contribution >= 4 is 0 Å². The molecule has 0 radical (unpaired) electrons. The molecule has 2 atom stereocenters. The van der Waals surface area contributed by atoms with Crippen molar-refractivity contribution < 1.29 is 13.5 Å². The van der Waals surface area contributed by atoms with Gasteiger partial charge in [-0.3, -0.25) is 0 Å². The maximum atomic E-state index is 13.2. The minimum absolute atomic E-state index is 0.0386. The Hall–Kier alpha value is -2.53. The molecule has 1 aromatic heterocycles. The third-order valence-electron chi connectivity index (χ3n) is 4.95. The lowest BCUT2D eigenvalue weighted by atomic mass is 9.96. The Kier molecular flexibility index (Phi) is 4.80. The average molecular weight is 352 g/mol. The first kappa shape index (κ1) is 16.9. The van der Waals surface area contributed by atoms with Gasteiger partial charge >= 0.3 is 0 Å². The van der Waals surface area contributed by atoms with Crippen LogP contribution in [0.5, 0.6) is 0 Å². The predicted octanol–water partition coefficient (Wildman–Crippen LogP) is 4.92. The highest BCUT2D eigenvalue weighted by Crippen LogP contribution is 2.31. The third kappa shape index (κ3) is 3.40. The summed E-state index contributed by atoms with van der Waals surface area (Å²) in [4.78, 5) is 0. The maximum Gasteiger partial charge on any atom is 0.247 e. The quantitative estimate of drug-likeness (QED) is 0.654. The number of hydrogen-bond donors (Lipinski definition) is 0. The molecule has 2 aromatic carbocycles. The van der Waals surface area contributed by atoms with Gasteiger partial charge in [0.25, 0.3) is 0 Å². The fourth-order valence-electron chi connectivity index (χ4n) is 3.46. The van der Waals surface area contributed by atoms with Gasteiger partial charge in [-0.05, 0) is 48.2 Å². The standard InChI is InChI=1S/C21H21FN2O2/c1-2-19(14-6-8-18(22)9-7-14)21-24-23-20(26-21)16-5-3-4-15(12-16)17-10-11-25-13-17/h3-9,12,17,19H,2,10-11,13H2,1H3. The van der Waals surface area contributed by atoms with E-state index in [1.54, 1.807) is 12.1 Å². The number of benzene rings is 2. The largest absolute Gasteiger partial charge is 0.420 e. The zero-order valence-corrected chi connectivity index (χ0v) is 14.7. The molecule has 0 amide bonds. The molecule has 1 aliphatic heterocycles. The van der Waals surface area contributed by atoms with Crippen molar-refractivity contribution in [1.29, 1.82) is 0 Å². The molecule has 1 saturated heterocycles. The van der Waals surface area contributed by atoms with Crippen molar-refractivity contribution in [1.82, 2.24) is 10.2 Å². The van der Waals surface area contributed by atoms with E-state index in [1.165, 1.54) is 17.7 Å². The molecule has 2 heterocycles. The Morgan fingerprint density at radius 2 is 2.00 bits per heavy atom. The molecule has 4 nitrogen and oxygen atoms in total. The second-order valence-electron chi connectivity index (χ2n) is 6.64. The van der Waals surface area contributed by atoms with Gasteiger partial charge in [0.2, 0.25) is 11.8 Å². The maximum absolute atomic E-state index is 13.2. The second-order valence-corrected chi connectivity index (χ2v) is 6.64. The van der Waals surface area contributed by atoms with Crippen LogP contribution in [-0.2, 0) is 4.74 Å². The molecular formula is C21H21FN2O2. The first-order chi connectivity index (χ1) is 12.7. The molecule has 0 spiro atoms. The predicted molar refractivity (Wildman–Crippen MR) is 96.4 cm³/mol. The van der Waals surface area contributed by atoms with Crippen LogP contribution in [0.25, 0.3) is 11.5 Å². The zero-order chi connectivity index (χ0) is 17.9. The van der Waals surface area contributed by atoms with Gasteiger partial charge in [0.05, 0.1) is 12.5 Å². The van der Waals surface area contributed by atoms with Crippen molar-refractivity contribution in [2.75, 3.05) is 13.2 Å². The summed E-state index contributed by atoms with van der Waals surface area (Å²) in [6.45, 7) is 3.63. The van der Waals surface area contributed by atoms with Crippen LogP contribution in [-0.4, -0.2) is 23.4 Å². The number of halogens is 1. The van der Waals surface area contributed by atoms with Gasteiger partial charge in [0.15, 0.2) is 0 Å². The summed E-state index contributed by atoms with van der Waals surface area (Å²) in [5.41, 5.74) is 3.13. The normalized spacial score (nSPS) is 18.2. The van der Waals surface area contributed by atoms with Crippen LogP contribution >= 0.6 is 0 Å². The van der Waals surface area contributed by atoms with E-state index in [4.69, 9.17) is 9.15 Å². The smallest absolute Gasteiger partial charge is 0.247 e. The number of nitrogens with zero attached hydrogens (tertiary/aromatic N) is 2. The van der Waals surface area contributed by atoms with E-state index in [2.05, 4.69) is 29.3 Å². The Morgan fingerprint density at radius 3 is 2.73 bits per heavy atom. The van der Waals surface area contributed by atoms with Crippen LogP contribution < -0.4 is 0 Å². The summed E-state index contributed by atoms with van der Waals surface area (Å²) in [7, 11) is 0. The lowest BCUT2D eigenvalue weighted by Crippen LogP contribution is -2.00. The highest BCUT2D eigenvalue weighted by molar-refractivity contribution is 5.54. The van der Waals surface area contributed by atoms with E-state index in [0.717, 1.165) is 37.2 Å². The minimum Gasteiger partial charge on any atom is -0.420 e. The van der Waals surface area contributed by atoms with E-state index in [0.29, 0.717) is 17.7 Å². The van der Waals surface area contributed by atoms with E-state index < -0.39 is 0 Å². The third-order valence-corrected chi connectivity index (χ3v) is 4.95. The molecule has 4 rings (SSSR count). The highest BCUT2D eigenvalue weighted by atomic mass is 19.1. The summed E-state index contributed by atoms with van der Waals surface area (Å²) in [5.74, 6) is 1.22.